The molecule has 1 unspecified atom stereocenters. The van der Waals surface area contributed by atoms with Crippen LogP contribution in [0.25, 0.3) is 0 Å². The van der Waals surface area contributed by atoms with Crippen molar-refractivity contribution < 1.29 is 13.2 Å². The summed E-state index contributed by atoms with van der Waals surface area (Å²) in [7, 11) is 1.64. The van der Waals surface area contributed by atoms with Gasteiger partial charge < -0.3 is 4.90 Å². The molecule has 0 aliphatic carbocycles. The molecule has 2 heterocycles. The fourth-order valence-electron chi connectivity index (χ4n) is 3.48. The third-order valence-corrected chi connectivity index (χ3v) is 6.11. The molecule has 32 heavy (non-hydrogen) atoms. The van der Waals surface area contributed by atoms with Crippen molar-refractivity contribution in [2.75, 3.05) is 4.90 Å². The summed E-state index contributed by atoms with van der Waals surface area (Å²) in [5, 5.41) is 3.96. The highest BCUT2D eigenvalue weighted by molar-refractivity contribution is 7.98. The van der Waals surface area contributed by atoms with Crippen LogP contribution in [0, 0.1) is 6.92 Å². The molecule has 166 valence electrons. The fourth-order valence-corrected chi connectivity index (χ4v) is 4.43. The molecule has 1 aliphatic heterocycles. The zero-order valence-electron chi connectivity index (χ0n) is 17.5. The van der Waals surface area contributed by atoms with Gasteiger partial charge in [-0.25, -0.2) is 4.99 Å². The minimum absolute atomic E-state index is 0.206. The molecule has 0 amide bonds. The molecule has 2 aromatic carbocycles. The lowest BCUT2D eigenvalue weighted by atomic mass is 10.0. The summed E-state index contributed by atoms with van der Waals surface area (Å²) >= 11 is 1.67. The topological polar surface area (TPSA) is 59.4 Å². The fraction of sp³-hybridized carbons (Fsp3) is 0.217. The van der Waals surface area contributed by atoms with E-state index in [-0.39, 0.29) is 11.3 Å². The van der Waals surface area contributed by atoms with Crippen molar-refractivity contribution in [3.8, 4) is 0 Å². The number of thioether (sulfide) groups is 1. The van der Waals surface area contributed by atoms with Crippen LogP contribution >= 0.6 is 11.8 Å². The third-order valence-electron chi connectivity index (χ3n) is 5.05. The number of benzene rings is 2. The van der Waals surface area contributed by atoms with Crippen molar-refractivity contribution in [3.05, 3.63) is 89.4 Å². The van der Waals surface area contributed by atoms with Crippen LogP contribution < -0.4 is 10.6 Å². The second-order valence-electron chi connectivity index (χ2n) is 7.46. The van der Waals surface area contributed by atoms with Gasteiger partial charge in [-0.1, -0.05) is 30.3 Å². The van der Waals surface area contributed by atoms with Crippen molar-refractivity contribution in [1.82, 2.24) is 9.78 Å². The minimum Gasteiger partial charge on any atom is -0.312 e. The Balaban J connectivity index is 1.61. The van der Waals surface area contributed by atoms with Gasteiger partial charge >= 0.3 is 6.18 Å². The van der Waals surface area contributed by atoms with Gasteiger partial charge in [-0.05, 0) is 36.2 Å². The first-order valence-electron chi connectivity index (χ1n) is 9.90. The largest absolute Gasteiger partial charge is 0.419 e. The Hall–Kier alpha value is -3.04. The number of hydrogen-bond donors (Lipinski definition) is 1. The molecule has 1 aliphatic rings. The van der Waals surface area contributed by atoms with E-state index in [9.17, 15) is 13.2 Å². The predicted molar refractivity (Wildman–Crippen MR) is 122 cm³/mol. The lowest BCUT2D eigenvalue weighted by molar-refractivity contribution is -0.0864. The molecule has 2 N–H and O–H groups in total. The molecular formula is C23H22F3N5S. The summed E-state index contributed by atoms with van der Waals surface area (Å²) < 4.78 is 43.1. The summed E-state index contributed by atoms with van der Waals surface area (Å²) in [6, 6.07) is 15.7. The number of aromatic nitrogens is 2. The number of aryl methyl sites for hydroxylation is 2. The smallest absolute Gasteiger partial charge is 0.312 e. The Labute approximate surface area is 188 Å². The standard InChI is InChI=1S/C23H22F3N5S/c1-15-10-18(32-14-16-6-4-3-5-7-16)8-9-20(15)31-13-19(23(24,25)26)21(29-22(31)27)17-11-28-30(2)12-17/h3-13,22H,14,27H2,1-2H3. The van der Waals surface area contributed by atoms with Crippen LogP contribution in [-0.2, 0) is 12.8 Å². The maximum Gasteiger partial charge on any atom is 0.419 e. The molecule has 9 heteroatoms. The van der Waals surface area contributed by atoms with E-state index >= 15 is 0 Å². The molecular weight excluding hydrogens is 435 g/mol. The Kier molecular flexibility index (Phi) is 6.12. The maximum absolute atomic E-state index is 13.9. The summed E-state index contributed by atoms with van der Waals surface area (Å²) in [4.78, 5) is 6.58. The molecule has 1 atom stereocenters. The van der Waals surface area contributed by atoms with E-state index < -0.39 is 18.0 Å². The summed E-state index contributed by atoms with van der Waals surface area (Å²) in [5.74, 6) is 0.805. The zero-order chi connectivity index (χ0) is 22.9. The molecule has 3 aromatic rings. The van der Waals surface area contributed by atoms with Crippen LogP contribution in [0.4, 0.5) is 18.9 Å². The van der Waals surface area contributed by atoms with Crippen molar-refractivity contribution in [1.29, 1.82) is 0 Å². The van der Waals surface area contributed by atoms with E-state index in [4.69, 9.17) is 5.73 Å². The predicted octanol–water partition coefficient (Wildman–Crippen LogP) is 5.02. The van der Waals surface area contributed by atoms with Crippen LogP contribution in [0.1, 0.15) is 16.7 Å². The third kappa shape index (κ3) is 4.73. The van der Waals surface area contributed by atoms with Crippen LogP contribution in [0.15, 0.2) is 82.6 Å². The minimum atomic E-state index is -4.59. The molecule has 0 saturated carbocycles. The van der Waals surface area contributed by atoms with E-state index in [1.807, 2.05) is 37.3 Å². The Bertz CT molecular complexity index is 1170. The molecule has 0 spiro atoms. The highest BCUT2D eigenvalue weighted by Gasteiger charge is 2.41. The number of nitrogens with two attached hydrogens (primary N) is 1. The number of halogens is 3. The second kappa shape index (κ2) is 8.84. The molecule has 1 aromatic heterocycles. The van der Waals surface area contributed by atoms with Crippen molar-refractivity contribution in [2.24, 2.45) is 17.8 Å². The Morgan fingerprint density at radius 2 is 1.88 bits per heavy atom. The second-order valence-corrected chi connectivity index (χ2v) is 8.51. The van der Waals surface area contributed by atoms with Crippen LogP contribution in [0.5, 0.6) is 0 Å². The van der Waals surface area contributed by atoms with Gasteiger partial charge in [-0.15, -0.1) is 11.8 Å². The number of alkyl halides is 3. The molecule has 5 nitrogen and oxygen atoms in total. The van der Waals surface area contributed by atoms with Gasteiger partial charge in [0.1, 0.15) is 0 Å². The lowest BCUT2D eigenvalue weighted by Gasteiger charge is -2.32. The number of nitrogens with zero attached hydrogens (tertiary/aromatic N) is 4. The maximum atomic E-state index is 13.9. The Morgan fingerprint density at radius 1 is 1.12 bits per heavy atom. The first-order chi connectivity index (χ1) is 15.2. The lowest BCUT2D eigenvalue weighted by Crippen LogP contribution is -2.43. The van der Waals surface area contributed by atoms with Crippen LogP contribution in [0.3, 0.4) is 0 Å². The highest BCUT2D eigenvalue weighted by atomic mass is 32.2. The van der Waals surface area contributed by atoms with Crippen molar-refractivity contribution >= 4 is 23.2 Å². The molecule has 0 fully saturated rings. The summed E-state index contributed by atoms with van der Waals surface area (Å²) in [6.07, 6.45) is -1.70. The SMILES string of the molecule is Cc1cc(SCc2ccccc2)ccc1N1C=C(C(F)(F)F)C(c2cnn(C)c2)=NC1N. The first kappa shape index (κ1) is 22.2. The van der Waals surface area contributed by atoms with Gasteiger partial charge in [-0.2, -0.15) is 18.3 Å². The average Bonchev–Trinajstić information content (AvgIpc) is 3.19. The quantitative estimate of drug-likeness (QED) is 0.547. The van der Waals surface area contributed by atoms with Crippen molar-refractivity contribution in [2.45, 2.75) is 30.0 Å². The van der Waals surface area contributed by atoms with Crippen LogP contribution in [-0.4, -0.2) is 28.0 Å². The molecule has 4 rings (SSSR count). The molecule has 0 bridgehead atoms. The number of rotatable bonds is 5. The van der Waals surface area contributed by atoms with Gasteiger partial charge in [0.15, 0.2) is 6.29 Å². The molecule has 0 radical (unpaired) electrons. The normalized spacial score (nSPS) is 16.7. The molecule has 0 saturated heterocycles. The van der Waals surface area contributed by atoms with E-state index in [1.165, 1.54) is 27.5 Å². The van der Waals surface area contributed by atoms with Gasteiger partial charge in [0, 0.05) is 41.3 Å². The number of hydrogen-bond acceptors (Lipinski definition) is 5. The number of allylic oxidation sites excluding steroid dienone is 1. The number of aliphatic imine (C=N–C) groups is 1. The zero-order valence-corrected chi connectivity index (χ0v) is 18.4. The number of anilines is 1. The van der Waals surface area contributed by atoms with Gasteiger partial charge in [-0.3, -0.25) is 10.4 Å². The van der Waals surface area contributed by atoms with E-state index in [2.05, 4.69) is 22.2 Å². The Morgan fingerprint density at radius 3 is 2.50 bits per heavy atom. The summed E-state index contributed by atoms with van der Waals surface area (Å²) in [5.41, 5.74) is 8.00. The van der Waals surface area contributed by atoms with Crippen molar-refractivity contribution in [3.63, 3.8) is 0 Å². The van der Waals surface area contributed by atoms with E-state index in [0.717, 1.165) is 22.4 Å². The first-order valence-corrected chi connectivity index (χ1v) is 10.9. The average molecular weight is 458 g/mol. The van der Waals surface area contributed by atoms with E-state index in [0.29, 0.717) is 5.69 Å². The van der Waals surface area contributed by atoms with E-state index in [1.54, 1.807) is 24.9 Å². The van der Waals surface area contributed by atoms with Gasteiger partial charge in [0.2, 0.25) is 0 Å². The highest BCUT2D eigenvalue weighted by Crippen LogP contribution is 2.36. The van der Waals surface area contributed by atoms with Crippen LogP contribution in [0.2, 0.25) is 0 Å². The summed E-state index contributed by atoms with van der Waals surface area (Å²) in [6.45, 7) is 1.86. The monoisotopic (exact) mass is 457 g/mol. The van der Waals surface area contributed by atoms with Gasteiger partial charge in [0.05, 0.1) is 17.5 Å². The van der Waals surface area contributed by atoms with Gasteiger partial charge in [0.25, 0.3) is 0 Å².